The van der Waals surface area contributed by atoms with E-state index >= 15 is 0 Å². The Labute approximate surface area is 523 Å². The number of aliphatic hydroxyl groups is 11. The second-order valence-electron chi connectivity index (χ2n) is 25.0. The number of unbranched alkanes of at least 4 members (excludes halogenated alkanes) is 33. The van der Waals surface area contributed by atoms with Crippen LogP contribution in [0.15, 0.2) is 36.5 Å². The summed E-state index contributed by atoms with van der Waals surface area (Å²) in [6.07, 6.45) is 31.7. The van der Waals surface area contributed by atoms with Crippen molar-refractivity contribution in [3.05, 3.63) is 36.5 Å². The van der Waals surface area contributed by atoms with Crippen molar-refractivity contribution < 1.29 is 89.4 Å². The first-order chi connectivity index (χ1) is 42.3. The number of hydrogen-bond donors (Lipinski definition) is 12. The quantitative estimate of drug-likeness (QED) is 0.0200. The lowest BCUT2D eigenvalue weighted by molar-refractivity contribution is -0.379. The van der Waals surface area contributed by atoms with Crippen LogP contribution in [0.25, 0.3) is 0 Å². The van der Waals surface area contributed by atoms with Gasteiger partial charge in [0.25, 0.3) is 0 Å². The number of aliphatic hydroxyl groups excluding tert-OH is 11. The SMILES string of the molecule is CCCC/C=C\CCCCCCCC(=O)NC(COC1OC(CO)C(OC2OC(CO)C(OC3OC(CO)C(O)C(O)C3O)C(O)C2O)C(O)C1O)C(O)/C=C/CC/C=C/CCCCCCCCCCCCCCCCCCCCCCCCCCC. The Hall–Kier alpha value is -1.99. The molecule has 0 bridgehead atoms. The van der Waals surface area contributed by atoms with Crippen LogP contribution in [0, 0.1) is 0 Å². The standard InChI is InChI=1S/C68H125NO18/c1-3-5-7-9-11-13-15-16-17-18-19-20-21-22-23-24-25-26-27-28-29-30-31-32-33-34-36-37-39-41-43-45-52(73)51(69-56(74)46-44-42-40-38-35-14-12-10-8-6-4-2)50-82-66-62(80)59(77)64(54(48-71)84-66)87-68-63(81)60(78)65(55(49-72)85-68)86-67-61(79)58(76)57(75)53(47-70)83-67/h10,12,36-37,43,45,51-55,57-68,70-73,75-81H,3-9,11,13-35,38-42,44,46-50H2,1-2H3,(H,69,74)/b12-10-,37-36+,45-43+. The Morgan fingerprint density at radius 3 is 1.18 bits per heavy atom. The third-order valence-electron chi connectivity index (χ3n) is 17.4. The molecule has 0 spiro atoms. The van der Waals surface area contributed by atoms with E-state index in [1.54, 1.807) is 6.08 Å². The number of amides is 1. The minimum atomic E-state index is -1.98. The van der Waals surface area contributed by atoms with Crippen LogP contribution in [-0.2, 0) is 33.2 Å². The summed E-state index contributed by atoms with van der Waals surface area (Å²) in [4.78, 5) is 13.3. The fourth-order valence-corrected chi connectivity index (χ4v) is 11.7. The molecule has 3 fully saturated rings. The van der Waals surface area contributed by atoms with E-state index in [1.807, 2.05) is 6.08 Å². The average Bonchev–Trinajstić information content (AvgIpc) is 3.20. The van der Waals surface area contributed by atoms with Crippen molar-refractivity contribution in [3.63, 3.8) is 0 Å². The highest BCUT2D eigenvalue weighted by molar-refractivity contribution is 5.76. The Balaban J connectivity index is 1.39. The minimum Gasteiger partial charge on any atom is -0.394 e. The molecule has 3 aliphatic heterocycles. The fraction of sp³-hybridized carbons (Fsp3) is 0.897. The highest BCUT2D eigenvalue weighted by Gasteiger charge is 2.53. The molecule has 19 nitrogen and oxygen atoms in total. The summed E-state index contributed by atoms with van der Waals surface area (Å²) >= 11 is 0. The highest BCUT2D eigenvalue weighted by atomic mass is 16.8. The van der Waals surface area contributed by atoms with E-state index in [2.05, 4.69) is 43.5 Å². The Bertz CT molecular complexity index is 1720. The topological polar surface area (TPSA) is 307 Å². The van der Waals surface area contributed by atoms with Crippen LogP contribution >= 0.6 is 0 Å². The molecule has 3 saturated heterocycles. The van der Waals surface area contributed by atoms with E-state index in [4.69, 9.17) is 28.4 Å². The summed E-state index contributed by atoms with van der Waals surface area (Å²) in [6, 6.07) is -0.993. The van der Waals surface area contributed by atoms with Crippen molar-refractivity contribution in [2.75, 3.05) is 26.4 Å². The first kappa shape index (κ1) is 79.2. The Kier molecular flexibility index (Phi) is 46.0. The second kappa shape index (κ2) is 50.6. The van der Waals surface area contributed by atoms with Crippen LogP contribution in [0.3, 0.4) is 0 Å². The molecular weight excluding hydrogens is 1120 g/mol. The number of allylic oxidation sites excluding steroid dienone is 5. The molecule has 12 N–H and O–H groups in total. The van der Waals surface area contributed by atoms with Gasteiger partial charge in [-0.15, -0.1) is 0 Å². The van der Waals surface area contributed by atoms with Gasteiger partial charge in [0.2, 0.25) is 5.91 Å². The third-order valence-corrected chi connectivity index (χ3v) is 17.4. The number of carbonyl (C=O) groups is 1. The predicted octanol–water partition coefficient (Wildman–Crippen LogP) is 8.83. The molecule has 3 aliphatic rings. The molecule has 3 heterocycles. The number of hydrogen-bond acceptors (Lipinski definition) is 18. The van der Waals surface area contributed by atoms with Gasteiger partial charge in [-0.05, 0) is 51.4 Å². The van der Waals surface area contributed by atoms with Gasteiger partial charge >= 0.3 is 0 Å². The van der Waals surface area contributed by atoms with Crippen LogP contribution in [0.2, 0.25) is 0 Å². The maximum atomic E-state index is 13.3. The van der Waals surface area contributed by atoms with E-state index in [0.717, 1.165) is 57.8 Å². The van der Waals surface area contributed by atoms with Crippen LogP contribution in [-0.4, -0.2) is 193 Å². The molecule has 0 saturated carbocycles. The molecule has 19 heteroatoms. The summed E-state index contributed by atoms with van der Waals surface area (Å²) in [6.45, 7) is 1.67. The molecule has 0 radical (unpaired) electrons. The molecule has 0 aliphatic carbocycles. The summed E-state index contributed by atoms with van der Waals surface area (Å²) in [5.41, 5.74) is 0. The molecule has 0 aromatic carbocycles. The van der Waals surface area contributed by atoms with Crippen LogP contribution < -0.4 is 5.32 Å². The maximum absolute atomic E-state index is 13.3. The fourth-order valence-electron chi connectivity index (χ4n) is 11.7. The Morgan fingerprint density at radius 2 is 0.747 bits per heavy atom. The van der Waals surface area contributed by atoms with E-state index in [0.29, 0.717) is 12.8 Å². The van der Waals surface area contributed by atoms with E-state index in [9.17, 15) is 61.0 Å². The molecular formula is C68H125NO18. The summed E-state index contributed by atoms with van der Waals surface area (Å²) < 4.78 is 34.3. The monoisotopic (exact) mass is 1240 g/mol. The zero-order valence-corrected chi connectivity index (χ0v) is 53.8. The van der Waals surface area contributed by atoms with Gasteiger partial charge in [0, 0.05) is 6.42 Å². The average molecular weight is 1240 g/mol. The van der Waals surface area contributed by atoms with Crippen LogP contribution in [0.5, 0.6) is 0 Å². The third kappa shape index (κ3) is 32.9. The molecule has 0 aromatic rings. The van der Waals surface area contributed by atoms with Gasteiger partial charge in [0.05, 0.1) is 38.6 Å². The largest absolute Gasteiger partial charge is 0.394 e. The van der Waals surface area contributed by atoms with Crippen LogP contribution in [0.1, 0.15) is 258 Å². The van der Waals surface area contributed by atoms with Crippen molar-refractivity contribution >= 4 is 5.91 Å². The van der Waals surface area contributed by atoms with Crippen molar-refractivity contribution in [3.8, 4) is 0 Å². The zero-order chi connectivity index (χ0) is 63.3. The molecule has 0 aromatic heterocycles. The molecule has 1 amide bonds. The van der Waals surface area contributed by atoms with E-state index in [-0.39, 0.29) is 18.9 Å². The summed E-state index contributed by atoms with van der Waals surface area (Å²) in [7, 11) is 0. The molecule has 17 atom stereocenters. The maximum Gasteiger partial charge on any atom is 0.220 e. The van der Waals surface area contributed by atoms with Gasteiger partial charge in [0.1, 0.15) is 73.2 Å². The normalized spacial score (nSPS) is 28.8. The predicted molar refractivity (Wildman–Crippen MR) is 337 cm³/mol. The lowest BCUT2D eigenvalue weighted by Crippen LogP contribution is -2.66. The van der Waals surface area contributed by atoms with Gasteiger partial charge in [0.15, 0.2) is 18.9 Å². The van der Waals surface area contributed by atoms with E-state index < -0.39 is 124 Å². The number of carbonyl (C=O) groups excluding carboxylic acids is 1. The summed E-state index contributed by atoms with van der Waals surface area (Å²) in [5.74, 6) is -0.296. The van der Waals surface area contributed by atoms with Gasteiger partial charge < -0.3 is 89.9 Å². The number of rotatable bonds is 53. The van der Waals surface area contributed by atoms with E-state index in [1.165, 1.54) is 167 Å². The molecule has 87 heavy (non-hydrogen) atoms. The zero-order valence-electron chi connectivity index (χ0n) is 53.8. The lowest BCUT2D eigenvalue weighted by Gasteiger charge is -2.48. The number of nitrogens with one attached hydrogen (secondary N) is 1. The minimum absolute atomic E-state index is 0.225. The first-order valence-corrected chi connectivity index (χ1v) is 34.7. The molecule has 3 rings (SSSR count). The van der Waals surface area contributed by atoms with Crippen molar-refractivity contribution in [2.24, 2.45) is 0 Å². The smallest absolute Gasteiger partial charge is 0.220 e. The summed E-state index contributed by atoms with van der Waals surface area (Å²) in [5, 5.41) is 120. The number of ether oxygens (including phenoxy) is 6. The van der Waals surface area contributed by atoms with Crippen molar-refractivity contribution in [1.29, 1.82) is 0 Å². The van der Waals surface area contributed by atoms with Gasteiger partial charge in [-0.25, -0.2) is 0 Å². The van der Waals surface area contributed by atoms with Gasteiger partial charge in [-0.2, -0.15) is 0 Å². The Morgan fingerprint density at radius 1 is 0.402 bits per heavy atom. The van der Waals surface area contributed by atoms with Gasteiger partial charge in [-0.3, -0.25) is 4.79 Å². The first-order valence-electron chi connectivity index (χ1n) is 34.7. The molecule has 17 unspecified atom stereocenters. The van der Waals surface area contributed by atoms with Crippen molar-refractivity contribution in [2.45, 2.75) is 362 Å². The second-order valence-corrected chi connectivity index (χ2v) is 25.0. The molecule has 510 valence electrons. The highest BCUT2D eigenvalue weighted by Crippen LogP contribution is 2.33. The van der Waals surface area contributed by atoms with Crippen LogP contribution in [0.4, 0.5) is 0 Å². The van der Waals surface area contributed by atoms with Crippen molar-refractivity contribution in [1.82, 2.24) is 5.32 Å². The van der Waals surface area contributed by atoms with Gasteiger partial charge in [-0.1, -0.05) is 237 Å². The lowest BCUT2D eigenvalue weighted by atomic mass is 9.96.